The van der Waals surface area contributed by atoms with Gasteiger partial charge in [0.1, 0.15) is 12.3 Å². The highest BCUT2D eigenvalue weighted by Gasteiger charge is 2.29. The Morgan fingerprint density at radius 1 is 1.06 bits per heavy atom. The summed E-state index contributed by atoms with van der Waals surface area (Å²) in [5.41, 5.74) is 3.19. The number of carbonyl (C=O) groups excluding carboxylic acids is 2. The van der Waals surface area contributed by atoms with E-state index < -0.39 is 0 Å². The average molecular weight is 452 g/mol. The lowest BCUT2D eigenvalue weighted by Gasteiger charge is -2.36. The second-order valence-electron chi connectivity index (χ2n) is 8.58. The maximum atomic E-state index is 13.3. The molecular weight excluding hydrogens is 414 g/mol. The Labute approximate surface area is 197 Å². The predicted molar refractivity (Wildman–Crippen MR) is 133 cm³/mol. The minimum Gasteiger partial charge on any atom is -0.494 e. The quantitative estimate of drug-likeness (QED) is 0.475. The summed E-state index contributed by atoms with van der Waals surface area (Å²) < 4.78 is 5.47. The smallest absolute Gasteiger partial charge is 0.322 e. The van der Waals surface area contributed by atoms with Crippen LogP contribution in [0.2, 0.25) is 0 Å². The first kappa shape index (κ1) is 24.6. The molecule has 0 saturated carbocycles. The molecule has 33 heavy (non-hydrogen) atoms. The standard InChI is InChI=1S/C27H37N3O3/c1-4-6-7-10-18-29(27(32)28-23-13-15-24(16-14-23)33-5-2)20-26(31)30-19-17-22-11-8-9-12-25(22)21(30)3/h8-9,11-16,21H,4-7,10,17-20H2,1-3H3,(H,28,32). The number of fused-ring (bicyclic) bond motifs is 1. The normalized spacial score (nSPS) is 15.0. The summed E-state index contributed by atoms with van der Waals surface area (Å²) >= 11 is 0. The maximum Gasteiger partial charge on any atom is 0.322 e. The lowest BCUT2D eigenvalue weighted by molar-refractivity contribution is -0.134. The molecular formula is C27H37N3O3. The number of hydrogen-bond acceptors (Lipinski definition) is 3. The van der Waals surface area contributed by atoms with Gasteiger partial charge in [0.25, 0.3) is 0 Å². The predicted octanol–water partition coefficient (Wildman–Crippen LogP) is 5.65. The van der Waals surface area contributed by atoms with Crippen LogP contribution in [-0.4, -0.2) is 48.0 Å². The van der Waals surface area contributed by atoms with Crippen LogP contribution in [0.15, 0.2) is 48.5 Å². The summed E-state index contributed by atoms with van der Waals surface area (Å²) in [7, 11) is 0. The minimum atomic E-state index is -0.242. The van der Waals surface area contributed by atoms with E-state index in [0.29, 0.717) is 25.4 Å². The van der Waals surface area contributed by atoms with Crippen molar-refractivity contribution < 1.29 is 14.3 Å². The summed E-state index contributed by atoms with van der Waals surface area (Å²) in [6.07, 6.45) is 5.03. The van der Waals surface area contributed by atoms with E-state index in [1.165, 1.54) is 11.1 Å². The molecule has 3 rings (SSSR count). The van der Waals surface area contributed by atoms with Crippen LogP contribution in [0.1, 0.15) is 63.6 Å². The summed E-state index contributed by atoms with van der Waals surface area (Å²) in [6.45, 7) is 8.09. The SMILES string of the molecule is CCCCCCN(CC(=O)N1CCc2ccccc2C1C)C(=O)Nc1ccc(OCC)cc1. The molecule has 2 aromatic carbocycles. The lowest BCUT2D eigenvalue weighted by atomic mass is 9.93. The van der Waals surface area contributed by atoms with E-state index in [0.717, 1.165) is 37.9 Å². The summed E-state index contributed by atoms with van der Waals surface area (Å²) in [5.74, 6) is 0.760. The van der Waals surface area contributed by atoms with Crippen LogP contribution in [-0.2, 0) is 11.2 Å². The van der Waals surface area contributed by atoms with Gasteiger partial charge in [-0.3, -0.25) is 4.79 Å². The Kier molecular flexibility index (Phi) is 9.16. The van der Waals surface area contributed by atoms with Crippen LogP contribution in [0.3, 0.4) is 0 Å². The third-order valence-electron chi connectivity index (χ3n) is 6.23. The van der Waals surface area contributed by atoms with E-state index in [1.807, 2.05) is 48.2 Å². The van der Waals surface area contributed by atoms with Gasteiger partial charge in [0, 0.05) is 18.8 Å². The molecule has 178 valence electrons. The fourth-order valence-corrected chi connectivity index (χ4v) is 4.35. The number of carbonyl (C=O) groups is 2. The summed E-state index contributed by atoms with van der Waals surface area (Å²) in [5, 5.41) is 2.95. The van der Waals surface area contributed by atoms with E-state index in [1.54, 1.807) is 4.90 Å². The fourth-order valence-electron chi connectivity index (χ4n) is 4.35. The first-order valence-electron chi connectivity index (χ1n) is 12.2. The number of anilines is 1. The van der Waals surface area contributed by atoms with Gasteiger partial charge >= 0.3 is 6.03 Å². The average Bonchev–Trinajstić information content (AvgIpc) is 2.82. The second-order valence-corrected chi connectivity index (χ2v) is 8.58. The zero-order chi connectivity index (χ0) is 23.6. The maximum absolute atomic E-state index is 13.3. The molecule has 1 aliphatic rings. The van der Waals surface area contributed by atoms with Crippen molar-refractivity contribution in [2.45, 2.75) is 58.9 Å². The topological polar surface area (TPSA) is 61.9 Å². The molecule has 0 saturated heterocycles. The number of urea groups is 1. The molecule has 0 fully saturated rings. The van der Waals surface area contributed by atoms with Crippen molar-refractivity contribution in [3.63, 3.8) is 0 Å². The van der Waals surface area contributed by atoms with Gasteiger partial charge in [-0.15, -0.1) is 0 Å². The van der Waals surface area contributed by atoms with Crippen molar-refractivity contribution >= 4 is 17.6 Å². The van der Waals surface area contributed by atoms with Crippen LogP contribution in [0, 0.1) is 0 Å². The Morgan fingerprint density at radius 2 is 1.82 bits per heavy atom. The van der Waals surface area contributed by atoms with Crippen molar-refractivity contribution in [3.8, 4) is 5.75 Å². The second kappa shape index (κ2) is 12.3. The van der Waals surface area contributed by atoms with Gasteiger partial charge in [0.05, 0.1) is 12.6 Å². The molecule has 1 unspecified atom stereocenters. The van der Waals surface area contributed by atoms with Crippen molar-refractivity contribution in [1.29, 1.82) is 0 Å². The van der Waals surface area contributed by atoms with E-state index in [2.05, 4.69) is 31.3 Å². The Balaban J connectivity index is 1.66. The minimum absolute atomic E-state index is 0.00524. The Morgan fingerprint density at radius 3 is 2.55 bits per heavy atom. The van der Waals surface area contributed by atoms with E-state index in [-0.39, 0.29) is 24.5 Å². The van der Waals surface area contributed by atoms with Gasteiger partial charge in [-0.2, -0.15) is 0 Å². The first-order chi connectivity index (χ1) is 16.0. The first-order valence-corrected chi connectivity index (χ1v) is 12.2. The number of amides is 3. The molecule has 1 heterocycles. The highest BCUT2D eigenvalue weighted by molar-refractivity contribution is 5.92. The van der Waals surface area contributed by atoms with Gasteiger partial charge in [0.2, 0.25) is 5.91 Å². The third-order valence-corrected chi connectivity index (χ3v) is 6.23. The number of hydrogen-bond donors (Lipinski definition) is 1. The van der Waals surface area contributed by atoms with Crippen molar-refractivity contribution in [2.75, 3.05) is 31.6 Å². The molecule has 6 heteroatoms. The van der Waals surface area contributed by atoms with Crippen LogP contribution in [0.5, 0.6) is 5.75 Å². The molecule has 1 atom stereocenters. The third kappa shape index (κ3) is 6.73. The lowest BCUT2D eigenvalue weighted by Crippen LogP contribution is -2.47. The number of nitrogens with one attached hydrogen (secondary N) is 1. The molecule has 0 radical (unpaired) electrons. The van der Waals surface area contributed by atoms with Gasteiger partial charge < -0.3 is 19.9 Å². The Hall–Kier alpha value is -3.02. The molecule has 3 amide bonds. The zero-order valence-electron chi connectivity index (χ0n) is 20.2. The van der Waals surface area contributed by atoms with E-state index in [9.17, 15) is 9.59 Å². The highest BCUT2D eigenvalue weighted by Crippen LogP contribution is 2.29. The summed E-state index contributed by atoms with van der Waals surface area (Å²) in [4.78, 5) is 29.9. The highest BCUT2D eigenvalue weighted by atomic mass is 16.5. The van der Waals surface area contributed by atoms with Crippen LogP contribution in [0.25, 0.3) is 0 Å². The van der Waals surface area contributed by atoms with Crippen molar-refractivity contribution in [1.82, 2.24) is 9.80 Å². The molecule has 0 bridgehead atoms. The van der Waals surface area contributed by atoms with E-state index >= 15 is 0 Å². The van der Waals surface area contributed by atoms with Gasteiger partial charge in [-0.05, 0) is 62.1 Å². The number of rotatable bonds is 10. The zero-order valence-corrected chi connectivity index (χ0v) is 20.2. The van der Waals surface area contributed by atoms with Crippen LogP contribution in [0.4, 0.5) is 10.5 Å². The largest absolute Gasteiger partial charge is 0.494 e. The summed E-state index contributed by atoms with van der Waals surface area (Å²) in [6, 6.07) is 15.4. The molecule has 1 aliphatic heterocycles. The van der Waals surface area contributed by atoms with Gasteiger partial charge in [-0.25, -0.2) is 4.79 Å². The Bertz CT molecular complexity index is 913. The van der Waals surface area contributed by atoms with E-state index in [4.69, 9.17) is 4.74 Å². The number of benzene rings is 2. The van der Waals surface area contributed by atoms with Crippen molar-refractivity contribution in [2.24, 2.45) is 0 Å². The molecule has 1 N–H and O–H groups in total. The van der Waals surface area contributed by atoms with Gasteiger partial charge in [0.15, 0.2) is 0 Å². The number of ether oxygens (including phenoxy) is 1. The molecule has 2 aromatic rings. The van der Waals surface area contributed by atoms with Crippen molar-refractivity contribution in [3.05, 3.63) is 59.7 Å². The molecule has 0 spiro atoms. The fraction of sp³-hybridized carbons (Fsp3) is 0.481. The molecule has 0 aromatic heterocycles. The molecule has 6 nitrogen and oxygen atoms in total. The number of nitrogens with zero attached hydrogens (tertiary/aromatic N) is 2. The number of unbranched alkanes of at least 4 members (excludes halogenated alkanes) is 3. The monoisotopic (exact) mass is 451 g/mol. The van der Waals surface area contributed by atoms with Crippen LogP contribution >= 0.6 is 0 Å². The molecule has 0 aliphatic carbocycles. The van der Waals surface area contributed by atoms with Crippen LogP contribution < -0.4 is 10.1 Å². The van der Waals surface area contributed by atoms with Gasteiger partial charge in [-0.1, -0.05) is 50.5 Å².